The summed E-state index contributed by atoms with van der Waals surface area (Å²) in [6, 6.07) is 19.3. The van der Waals surface area contributed by atoms with Crippen LogP contribution in [0.2, 0.25) is 0 Å². The average Bonchev–Trinajstić information content (AvgIpc) is 3.10. The number of benzene rings is 2. The molecular formula is C22H20N2. The summed E-state index contributed by atoms with van der Waals surface area (Å²) >= 11 is 0. The van der Waals surface area contributed by atoms with Crippen molar-refractivity contribution in [1.82, 2.24) is 9.55 Å². The number of aromatic nitrogens is 2. The maximum Gasteiger partial charge on any atom is 0.0730 e. The number of hydrogen-bond acceptors (Lipinski definition) is 1. The molecule has 2 heteroatoms. The van der Waals surface area contributed by atoms with Gasteiger partial charge < -0.3 is 4.57 Å². The number of hydrogen-bond donors (Lipinski definition) is 0. The van der Waals surface area contributed by atoms with Crippen molar-refractivity contribution in [2.75, 3.05) is 0 Å². The molecule has 4 aromatic rings. The minimum Gasteiger partial charge on any atom is -0.324 e. The van der Waals surface area contributed by atoms with E-state index in [-0.39, 0.29) is 0 Å². The number of fused-ring (bicyclic) bond motifs is 1. The van der Waals surface area contributed by atoms with Crippen molar-refractivity contribution < 1.29 is 0 Å². The summed E-state index contributed by atoms with van der Waals surface area (Å²) in [7, 11) is 0. The predicted octanol–water partition coefficient (Wildman–Crippen LogP) is 5.62. The van der Waals surface area contributed by atoms with Gasteiger partial charge in [-0.3, -0.25) is 0 Å². The fourth-order valence-corrected chi connectivity index (χ4v) is 3.11. The molecule has 0 aliphatic carbocycles. The van der Waals surface area contributed by atoms with E-state index in [1.165, 1.54) is 33.3 Å². The van der Waals surface area contributed by atoms with Gasteiger partial charge >= 0.3 is 0 Å². The molecule has 0 saturated heterocycles. The third-order valence-electron chi connectivity index (χ3n) is 4.69. The summed E-state index contributed by atoms with van der Waals surface area (Å²) < 4.78 is 2.14. The fourth-order valence-electron chi connectivity index (χ4n) is 3.11. The summed E-state index contributed by atoms with van der Waals surface area (Å²) in [5.74, 6) is 0. The van der Waals surface area contributed by atoms with E-state index in [2.05, 4.69) is 80.2 Å². The topological polar surface area (TPSA) is 17.8 Å². The Balaban J connectivity index is 1.87. The highest BCUT2D eigenvalue weighted by molar-refractivity contribution is 5.84. The second-order valence-electron chi connectivity index (χ2n) is 6.42. The van der Waals surface area contributed by atoms with Crippen molar-refractivity contribution in [1.29, 1.82) is 0 Å². The van der Waals surface area contributed by atoms with E-state index in [9.17, 15) is 0 Å². The molecule has 0 spiro atoms. The fraction of sp³-hybridized carbons (Fsp3) is 0.136. The Labute approximate surface area is 142 Å². The highest BCUT2D eigenvalue weighted by atomic mass is 14.9. The molecule has 0 amide bonds. The first kappa shape index (κ1) is 14.7. The molecule has 2 aromatic carbocycles. The van der Waals surface area contributed by atoms with Crippen molar-refractivity contribution in [3.63, 3.8) is 0 Å². The summed E-state index contributed by atoms with van der Waals surface area (Å²) in [5.41, 5.74) is 8.25. The molecule has 0 bridgehead atoms. The Morgan fingerprint density at radius 2 is 1.54 bits per heavy atom. The second-order valence-corrected chi connectivity index (χ2v) is 6.42. The quantitative estimate of drug-likeness (QED) is 0.470. The lowest BCUT2D eigenvalue weighted by Crippen LogP contribution is -1.95. The smallest absolute Gasteiger partial charge is 0.0730 e. The summed E-state index contributed by atoms with van der Waals surface area (Å²) in [5, 5.41) is 1.18. The molecule has 0 saturated carbocycles. The highest BCUT2D eigenvalue weighted by Crippen LogP contribution is 2.26. The van der Waals surface area contributed by atoms with Crippen LogP contribution in [0.15, 0.2) is 67.0 Å². The van der Waals surface area contributed by atoms with E-state index in [1.807, 2.05) is 12.1 Å². The first-order valence-corrected chi connectivity index (χ1v) is 8.24. The predicted molar refractivity (Wildman–Crippen MR) is 101 cm³/mol. The minimum atomic E-state index is 1.02. The lowest BCUT2D eigenvalue weighted by molar-refractivity contribution is 1.06. The lowest BCUT2D eigenvalue weighted by Gasteiger charge is -2.11. The zero-order valence-electron chi connectivity index (χ0n) is 14.2. The molecule has 24 heavy (non-hydrogen) atoms. The molecule has 2 nitrogen and oxygen atoms in total. The number of aryl methyl sites for hydroxylation is 3. The van der Waals surface area contributed by atoms with Gasteiger partial charge in [0.05, 0.1) is 11.2 Å². The zero-order valence-corrected chi connectivity index (χ0v) is 14.2. The molecule has 0 unspecified atom stereocenters. The van der Waals surface area contributed by atoms with Gasteiger partial charge in [0, 0.05) is 29.0 Å². The molecule has 2 aromatic heterocycles. The molecule has 0 fully saturated rings. The Morgan fingerprint density at radius 3 is 2.29 bits per heavy atom. The highest BCUT2D eigenvalue weighted by Gasteiger charge is 2.07. The van der Waals surface area contributed by atoms with Crippen molar-refractivity contribution >= 4 is 10.9 Å². The van der Waals surface area contributed by atoms with Gasteiger partial charge in [-0.15, -0.1) is 0 Å². The molecule has 0 atom stereocenters. The van der Waals surface area contributed by atoms with Crippen molar-refractivity contribution in [3.8, 4) is 16.9 Å². The normalized spacial score (nSPS) is 11.1. The van der Waals surface area contributed by atoms with Crippen LogP contribution in [0, 0.1) is 20.8 Å². The van der Waals surface area contributed by atoms with Crippen LogP contribution in [0.1, 0.15) is 16.7 Å². The molecule has 0 N–H and O–H groups in total. The van der Waals surface area contributed by atoms with Crippen LogP contribution in [0.4, 0.5) is 0 Å². The summed E-state index contributed by atoms with van der Waals surface area (Å²) in [6.45, 7) is 6.43. The van der Waals surface area contributed by atoms with Crippen LogP contribution in [0.3, 0.4) is 0 Å². The molecule has 118 valence electrons. The van der Waals surface area contributed by atoms with Gasteiger partial charge in [0.25, 0.3) is 0 Å². The van der Waals surface area contributed by atoms with Gasteiger partial charge in [-0.05, 0) is 73.9 Å². The molecule has 0 aliphatic rings. The maximum absolute atomic E-state index is 4.91. The van der Waals surface area contributed by atoms with Gasteiger partial charge in [0.15, 0.2) is 0 Å². The van der Waals surface area contributed by atoms with E-state index < -0.39 is 0 Å². The second kappa shape index (κ2) is 5.64. The zero-order chi connectivity index (χ0) is 16.7. The van der Waals surface area contributed by atoms with E-state index in [1.54, 1.807) is 0 Å². The van der Waals surface area contributed by atoms with E-state index in [0.717, 1.165) is 11.2 Å². The standard InChI is InChI=1S/C22H20N2/c1-15-6-7-18(12-16(15)2)20-9-8-19-13-17(3)22(14-21(19)23-20)24-10-4-5-11-24/h4-14H,1-3H3. The van der Waals surface area contributed by atoms with Crippen LogP contribution in [0.25, 0.3) is 27.8 Å². The lowest BCUT2D eigenvalue weighted by atomic mass is 10.0. The minimum absolute atomic E-state index is 1.02. The maximum atomic E-state index is 4.91. The van der Waals surface area contributed by atoms with Gasteiger partial charge in [-0.2, -0.15) is 0 Å². The number of rotatable bonds is 2. The summed E-state index contributed by atoms with van der Waals surface area (Å²) in [6.07, 6.45) is 4.14. The largest absolute Gasteiger partial charge is 0.324 e. The van der Waals surface area contributed by atoms with E-state index in [4.69, 9.17) is 4.98 Å². The third kappa shape index (κ3) is 2.50. The first-order chi connectivity index (χ1) is 11.6. The average molecular weight is 312 g/mol. The van der Waals surface area contributed by atoms with E-state index in [0.29, 0.717) is 0 Å². The Bertz CT molecular complexity index is 1030. The molecule has 2 heterocycles. The van der Waals surface area contributed by atoms with Crippen molar-refractivity contribution in [2.45, 2.75) is 20.8 Å². The van der Waals surface area contributed by atoms with Gasteiger partial charge in [0.1, 0.15) is 0 Å². The number of pyridine rings is 1. The van der Waals surface area contributed by atoms with Gasteiger partial charge in [0.2, 0.25) is 0 Å². The molecule has 0 aliphatic heterocycles. The molecule has 0 radical (unpaired) electrons. The van der Waals surface area contributed by atoms with Crippen LogP contribution in [-0.4, -0.2) is 9.55 Å². The van der Waals surface area contributed by atoms with Gasteiger partial charge in [-0.1, -0.05) is 18.2 Å². The van der Waals surface area contributed by atoms with Gasteiger partial charge in [-0.25, -0.2) is 4.98 Å². The van der Waals surface area contributed by atoms with Crippen molar-refractivity contribution in [2.24, 2.45) is 0 Å². The Hall–Kier alpha value is -2.87. The monoisotopic (exact) mass is 312 g/mol. The Morgan fingerprint density at radius 1 is 0.750 bits per heavy atom. The molecule has 4 rings (SSSR count). The molecular weight excluding hydrogens is 292 g/mol. The van der Waals surface area contributed by atoms with E-state index >= 15 is 0 Å². The number of nitrogens with zero attached hydrogens (tertiary/aromatic N) is 2. The van der Waals surface area contributed by atoms with Crippen LogP contribution in [-0.2, 0) is 0 Å². The third-order valence-corrected chi connectivity index (χ3v) is 4.69. The summed E-state index contributed by atoms with van der Waals surface area (Å²) in [4.78, 5) is 4.91. The van der Waals surface area contributed by atoms with Crippen LogP contribution < -0.4 is 0 Å². The van der Waals surface area contributed by atoms with Crippen LogP contribution >= 0.6 is 0 Å². The SMILES string of the molecule is Cc1ccc(-c2ccc3cc(C)c(-n4cccc4)cc3n2)cc1C. The first-order valence-electron chi connectivity index (χ1n) is 8.24. The van der Waals surface area contributed by atoms with Crippen LogP contribution in [0.5, 0.6) is 0 Å². The van der Waals surface area contributed by atoms with Crippen molar-refractivity contribution in [3.05, 3.63) is 83.7 Å². The Kier molecular flexibility index (Phi) is 3.46.